The maximum Gasteiger partial charge on any atom is 0.179 e. The van der Waals surface area contributed by atoms with Gasteiger partial charge in [0.05, 0.1) is 12.1 Å². The first-order valence-corrected chi connectivity index (χ1v) is 7.98. The minimum atomic E-state index is -3.35. The second kappa shape index (κ2) is 5.07. The summed E-state index contributed by atoms with van der Waals surface area (Å²) in [4.78, 5) is 0.166. The van der Waals surface area contributed by atoms with Crippen LogP contribution >= 0.6 is 11.6 Å². The van der Waals surface area contributed by atoms with Gasteiger partial charge in [0.2, 0.25) is 0 Å². The van der Waals surface area contributed by atoms with Gasteiger partial charge in [-0.3, -0.25) is 0 Å². The first kappa shape index (κ1) is 13.6. The van der Waals surface area contributed by atoms with Crippen LogP contribution in [-0.2, 0) is 9.84 Å². The van der Waals surface area contributed by atoms with Gasteiger partial charge >= 0.3 is 0 Å². The van der Waals surface area contributed by atoms with Crippen molar-refractivity contribution in [2.75, 3.05) is 26.5 Å². The van der Waals surface area contributed by atoms with Crippen molar-refractivity contribution in [2.45, 2.75) is 17.2 Å². The summed E-state index contributed by atoms with van der Waals surface area (Å²) in [6.07, 6.45) is 2.16. The van der Waals surface area contributed by atoms with Crippen LogP contribution < -0.4 is 10.1 Å². The molecule has 2 rings (SSSR count). The Kier molecular flexibility index (Phi) is 3.84. The van der Waals surface area contributed by atoms with Crippen molar-refractivity contribution in [2.24, 2.45) is 0 Å². The number of sulfone groups is 1. The topological polar surface area (TPSA) is 55.4 Å². The summed E-state index contributed by atoms with van der Waals surface area (Å²) in [6, 6.07) is 3.48. The first-order chi connectivity index (χ1) is 8.43. The largest absolute Gasteiger partial charge is 0.494 e. The third-order valence-corrected chi connectivity index (χ3v) is 4.55. The maximum atomic E-state index is 11.8. The monoisotopic (exact) mass is 289 g/mol. The minimum Gasteiger partial charge on any atom is -0.494 e. The molecule has 100 valence electrons. The quantitative estimate of drug-likeness (QED) is 0.922. The second-order valence-corrected chi connectivity index (χ2v) is 6.89. The van der Waals surface area contributed by atoms with Crippen molar-refractivity contribution in [1.29, 1.82) is 0 Å². The van der Waals surface area contributed by atoms with Crippen LogP contribution in [0.15, 0.2) is 17.0 Å². The molecular formula is C12H16ClNO3S. The molecule has 1 aromatic rings. The number of halogens is 1. The number of rotatable bonds is 3. The third kappa shape index (κ3) is 2.63. The smallest absolute Gasteiger partial charge is 0.179 e. The molecule has 0 aliphatic carbocycles. The number of hydrogen-bond donors (Lipinski definition) is 1. The lowest BCUT2D eigenvalue weighted by Crippen LogP contribution is -2.09. The molecule has 1 atom stereocenters. The Bertz CT molecular complexity index is 551. The molecule has 1 unspecified atom stereocenters. The molecule has 18 heavy (non-hydrogen) atoms. The number of methoxy groups -OCH3 is 1. The fraction of sp³-hybridized carbons (Fsp3) is 0.500. The van der Waals surface area contributed by atoms with Gasteiger partial charge in [-0.2, -0.15) is 0 Å². The zero-order valence-electron chi connectivity index (χ0n) is 10.4. The van der Waals surface area contributed by atoms with E-state index >= 15 is 0 Å². The number of ether oxygens (including phenoxy) is 1. The van der Waals surface area contributed by atoms with E-state index in [0.717, 1.165) is 31.3 Å². The summed E-state index contributed by atoms with van der Waals surface area (Å²) < 4.78 is 28.6. The van der Waals surface area contributed by atoms with Crippen LogP contribution in [0.25, 0.3) is 0 Å². The molecule has 1 fully saturated rings. The number of hydrogen-bond acceptors (Lipinski definition) is 4. The lowest BCUT2D eigenvalue weighted by atomic mass is 9.98. The minimum absolute atomic E-state index is 0.166. The average Bonchev–Trinajstić information content (AvgIpc) is 2.80. The van der Waals surface area contributed by atoms with Gasteiger partial charge < -0.3 is 10.1 Å². The predicted molar refractivity (Wildman–Crippen MR) is 71.3 cm³/mol. The molecule has 1 heterocycles. The molecule has 0 bridgehead atoms. The first-order valence-electron chi connectivity index (χ1n) is 5.71. The summed E-state index contributed by atoms with van der Waals surface area (Å²) in [5.41, 5.74) is 0.950. The molecule has 0 amide bonds. The predicted octanol–water partition coefficient (Wildman–Crippen LogP) is 1.83. The van der Waals surface area contributed by atoms with Crippen LogP contribution in [0.2, 0.25) is 5.02 Å². The summed E-state index contributed by atoms with van der Waals surface area (Å²) in [5, 5.41) is 3.60. The van der Waals surface area contributed by atoms with Crippen LogP contribution in [0.5, 0.6) is 5.75 Å². The zero-order valence-corrected chi connectivity index (χ0v) is 11.9. The molecule has 1 saturated heterocycles. The molecule has 0 spiro atoms. The molecule has 1 aliphatic rings. The maximum absolute atomic E-state index is 11.8. The van der Waals surface area contributed by atoms with Gasteiger partial charge in [0.1, 0.15) is 4.90 Å². The lowest BCUT2D eigenvalue weighted by Gasteiger charge is -2.15. The van der Waals surface area contributed by atoms with Crippen LogP contribution in [0.4, 0.5) is 0 Å². The summed E-state index contributed by atoms with van der Waals surface area (Å²) in [6.45, 7) is 1.80. The Hall–Kier alpha value is -0.780. The SMILES string of the molecule is COc1c(Cl)cc(C2CCNC2)cc1S(C)(=O)=O. The zero-order chi connectivity index (χ0) is 13.3. The van der Waals surface area contributed by atoms with Gasteiger partial charge in [-0.15, -0.1) is 0 Å². The van der Waals surface area contributed by atoms with Gasteiger partial charge in [-0.05, 0) is 36.6 Å². The van der Waals surface area contributed by atoms with E-state index in [9.17, 15) is 8.42 Å². The van der Waals surface area contributed by atoms with E-state index < -0.39 is 9.84 Å². The molecule has 0 aromatic heterocycles. The highest BCUT2D eigenvalue weighted by molar-refractivity contribution is 7.90. The van der Waals surface area contributed by atoms with E-state index in [1.165, 1.54) is 7.11 Å². The van der Waals surface area contributed by atoms with E-state index in [1.807, 2.05) is 0 Å². The van der Waals surface area contributed by atoms with Crippen molar-refractivity contribution >= 4 is 21.4 Å². The summed E-state index contributed by atoms with van der Waals surface area (Å²) in [5.74, 6) is 0.544. The second-order valence-electron chi connectivity index (χ2n) is 4.50. The Labute approximate surface area is 112 Å². The number of benzene rings is 1. The molecule has 1 aromatic carbocycles. The molecule has 4 nitrogen and oxygen atoms in total. The van der Waals surface area contributed by atoms with Crippen molar-refractivity contribution in [3.8, 4) is 5.75 Å². The Morgan fingerprint density at radius 1 is 1.44 bits per heavy atom. The van der Waals surface area contributed by atoms with Crippen LogP contribution in [0.3, 0.4) is 0 Å². The van der Waals surface area contributed by atoms with E-state index in [4.69, 9.17) is 16.3 Å². The van der Waals surface area contributed by atoms with Crippen molar-refractivity contribution in [3.63, 3.8) is 0 Å². The van der Waals surface area contributed by atoms with Gasteiger partial charge in [0.25, 0.3) is 0 Å². The van der Waals surface area contributed by atoms with Crippen molar-refractivity contribution in [3.05, 3.63) is 22.7 Å². The molecule has 0 radical (unpaired) electrons. The van der Waals surface area contributed by atoms with Gasteiger partial charge in [0, 0.05) is 12.8 Å². The van der Waals surface area contributed by atoms with E-state index in [2.05, 4.69) is 5.32 Å². The normalized spacial score (nSPS) is 20.1. The third-order valence-electron chi connectivity index (χ3n) is 3.17. The average molecular weight is 290 g/mol. The highest BCUT2D eigenvalue weighted by atomic mass is 35.5. The fourth-order valence-corrected chi connectivity index (χ4v) is 3.48. The van der Waals surface area contributed by atoms with E-state index in [1.54, 1.807) is 12.1 Å². The lowest BCUT2D eigenvalue weighted by molar-refractivity contribution is 0.402. The van der Waals surface area contributed by atoms with Gasteiger partial charge in [0.15, 0.2) is 15.6 Å². The standard InChI is InChI=1S/C12H16ClNO3S/c1-17-12-10(13)5-9(8-3-4-14-7-8)6-11(12)18(2,15)16/h5-6,8,14H,3-4,7H2,1-2H3. The summed E-state index contributed by atoms with van der Waals surface area (Å²) >= 11 is 6.11. The van der Waals surface area contributed by atoms with Crippen LogP contribution in [-0.4, -0.2) is 34.9 Å². The molecule has 6 heteroatoms. The Morgan fingerprint density at radius 3 is 2.67 bits per heavy atom. The Morgan fingerprint density at radius 2 is 2.17 bits per heavy atom. The highest BCUT2D eigenvalue weighted by Crippen LogP contribution is 2.36. The van der Waals surface area contributed by atoms with Crippen LogP contribution in [0, 0.1) is 0 Å². The van der Waals surface area contributed by atoms with E-state index in [-0.39, 0.29) is 10.6 Å². The Balaban J connectivity index is 2.55. The molecular weight excluding hydrogens is 274 g/mol. The van der Waals surface area contributed by atoms with Crippen molar-refractivity contribution in [1.82, 2.24) is 5.32 Å². The van der Waals surface area contributed by atoms with Crippen LogP contribution in [0.1, 0.15) is 17.9 Å². The fourth-order valence-electron chi connectivity index (χ4n) is 2.24. The van der Waals surface area contributed by atoms with Crippen molar-refractivity contribution < 1.29 is 13.2 Å². The highest BCUT2D eigenvalue weighted by Gasteiger charge is 2.23. The van der Waals surface area contributed by atoms with Gasteiger partial charge in [-0.25, -0.2) is 8.42 Å². The molecule has 1 aliphatic heterocycles. The molecule has 0 saturated carbocycles. The van der Waals surface area contributed by atoms with E-state index in [0.29, 0.717) is 10.9 Å². The van der Waals surface area contributed by atoms with Gasteiger partial charge in [-0.1, -0.05) is 11.6 Å². The summed E-state index contributed by atoms with van der Waals surface area (Å²) in [7, 11) is -1.93. The molecule has 1 N–H and O–H groups in total. The number of nitrogens with one attached hydrogen (secondary N) is 1.